The molecule has 0 bridgehead atoms. The maximum Gasteiger partial charge on any atom is 0.122 e. The second-order valence-electron chi connectivity index (χ2n) is 5.47. The van der Waals surface area contributed by atoms with Gasteiger partial charge >= 0.3 is 0 Å². The molecule has 3 heteroatoms. The van der Waals surface area contributed by atoms with Crippen LogP contribution in [-0.2, 0) is 10.2 Å². The van der Waals surface area contributed by atoms with E-state index in [0.717, 1.165) is 24.2 Å². The minimum atomic E-state index is -0.230. The number of hydrogen-bond donors (Lipinski definition) is 0. The SMILES string of the molecule is COc1ccc(C)cc1C1(C2(C#N)CC2)COC1. The van der Waals surface area contributed by atoms with Crippen molar-refractivity contribution in [3.05, 3.63) is 29.3 Å². The number of nitrogens with zero attached hydrogens (tertiary/aromatic N) is 1. The van der Waals surface area contributed by atoms with E-state index in [4.69, 9.17) is 9.47 Å². The zero-order valence-corrected chi connectivity index (χ0v) is 10.8. The summed E-state index contributed by atoms with van der Waals surface area (Å²) in [7, 11) is 1.69. The van der Waals surface area contributed by atoms with Gasteiger partial charge in [0.1, 0.15) is 5.75 Å². The molecular weight excluding hydrogens is 226 g/mol. The summed E-state index contributed by atoms with van der Waals surface area (Å²) in [6, 6.07) is 8.72. The second kappa shape index (κ2) is 3.73. The van der Waals surface area contributed by atoms with E-state index in [0.29, 0.717) is 13.2 Å². The van der Waals surface area contributed by atoms with E-state index < -0.39 is 0 Å². The van der Waals surface area contributed by atoms with Crippen molar-refractivity contribution in [2.24, 2.45) is 5.41 Å². The highest BCUT2D eigenvalue weighted by molar-refractivity contribution is 5.48. The van der Waals surface area contributed by atoms with Gasteiger partial charge < -0.3 is 9.47 Å². The zero-order chi connectivity index (χ0) is 12.8. The summed E-state index contributed by atoms with van der Waals surface area (Å²) in [4.78, 5) is 0. The topological polar surface area (TPSA) is 42.2 Å². The lowest BCUT2D eigenvalue weighted by Crippen LogP contribution is -2.53. The minimum Gasteiger partial charge on any atom is -0.496 e. The summed E-state index contributed by atoms with van der Waals surface area (Å²) in [5, 5.41) is 9.51. The molecule has 1 aliphatic heterocycles. The van der Waals surface area contributed by atoms with Gasteiger partial charge in [0.15, 0.2) is 0 Å². The molecule has 0 aromatic heterocycles. The zero-order valence-electron chi connectivity index (χ0n) is 10.8. The van der Waals surface area contributed by atoms with E-state index in [-0.39, 0.29) is 10.8 Å². The fourth-order valence-electron chi connectivity index (χ4n) is 3.01. The Hall–Kier alpha value is -1.53. The molecule has 2 fully saturated rings. The van der Waals surface area contributed by atoms with Crippen molar-refractivity contribution >= 4 is 0 Å². The third-order valence-corrected chi connectivity index (χ3v) is 4.45. The minimum absolute atomic E-state index is 0.154. The standard InChI is InChI=1S/C15H17NO2/c1-11-3-4-13(17-2)12(7-11)15(9-18-10-15)14(8-16)5-6-14/h3-4,7H,5-6,9-10H2,1-2H3. The first-order chi connectivity index (χ1) is 8.67. The molecule has 2 aliphatic rings. The molecule has 1 heterocycles. The molecule has 1 saturated carbocycles. The lowest BCUT2D eigenvalue weighted by atomic mass is 9.66. The highest BCUT2D eigenvalue weighted by Gasteiger charge is 2.65. The number of hydrogen-bond acceptors (Lipinski definition) is 3. The lowest BCUT2D eigenvalue weighted by Gasteiger charge is -2.46. The molecule has 3 rings (SSSR count). The van der Waals surface area contributed by atoms with Crippen molar-refractivity contribution in [3.63, 3.8) is 0 Å². The Morgan fingerprint density at radius 1 is 1.33 bits per heavy atom. The van der Waals surface area contributed by atoms with Crippen LogP contribution in [0.3, 0.4) is 0 Å². The summed E-state index contributed by atoms with van der Waals surface area (Å²) in [6.45, 7) is 3.35. The van der Waals surface area contributed by atoms with Crippen molar-refractivity contribution in [1.82, 2.24) is 0 Å². The molecule has 1 aromatic carbocycles. The summed E-state index contributed by atoms with van der Waals surface area (Å²) in [5.74, 6) is 0.880. The predicted molar refractivity (Wildman–Crippen MR) is 67.5 cm³/mol. The van der Waals surface area contributed by atoms with E-state index in [1.807, 2.05) is 12.1 Å². The van der Waals surface area contributed by atoms with Gasteiger partial charge in [-0.15, -0.1) is 0 Å². The first-order valence-corrected chi connectivity index (χ1v) is 6.32. The van der Waals surface area contributed by atoms with Crippen LogP contribution in [0.25, 0.3) is 0 Å². The molecule has 1 aromatic rings. The Bertz CT molecular complexity index is 522. The second-order valence-corrected chi connectivity index (χ2v) is 5.47. The third kappa shape index (κ3) is 1.33. The van der Waals surface area contributed by atoms with E-state index in [1.165, 1.54) is 5.56 Å². The maximum atomic E-state index is 9.51. The number of benzene rings is 1. The van der Waals surface area contributed by atoms with E-state index in [9.17, 15) is 5.26 Å². The van der Waals surface area contributed by atoms with Gasteiger partial charge in [0, 0.05) is 5.56 Å². The molecule has 1 aliphatic carbocycles. The van der Waals surface area contributed by atoms with Crippen molar-refractivity contribution in [1.29, 1.82) is 5.26 Å². The van der Waals surface area contributed by atoms with Gasteiger partial charge in [-0.05, 0) is 25.8 Å². The lowest BCUT2D eigenvalue weighted by molar-refractivity contribution is -0.0875. The van der Waals surface area contributed by atoms with Gasteiger partial charge in [0.25, 0.3) is 0 Å². The normalized spacial score (nSPS) is 22.7. The summed E-state index contributed by atoms with van der Waals surface area (Å²) < 4.78 is 10.9. The van der Waals surface area contributed by atoms with E-state index in [2.05, 4.69) is 19.1 Å². The molecule has 0 unspecified atom stereocenters. The smallest absolute Gasteiger partial charge is 0.122 e. The van der Waals surface area contributed by atoms with Crippen molar-refractivity contribution in [2.45, 2.75) is 25.2 Å². The van der Waals surface area contributed by atoms with E-state index >= 15 is 0 Å². The molecule has 0 atom stereocenters. The van der Waals surface area contributed by atoms with Crippen LogP contribution in [0.15, 0.2) is 18.2 Å². The highest BCUT2D eigenvalue weighted by Crippen LogP contribution is 2.63. The van der Waals surface area contributed by atoms with Crippen LogP contribution in [0.2, 0.25) is 0 Å². The van der Waals surface area contributed by atoms with Crippen LogP contribution < -0.4 is 4.74 Å². The van der Waals surface area contributed by atoms with Crippen LogP contribution in [-0.4, -0.2) is 20.3 Å². The highest BCUT2D eigenvalue weighted by atomic mass is 16.5. The van der Waals surface area contributed by atoms with Gasteiger partial charge in [-0.1, -0.05) is 17.7 Å². The maximum absolute atomic E-state index is 9.51. The largest absolute Gasteiger partial charge is 0.496 e. The summed E-state index contributed by atoms with van der Waals surface area (Å²) in [5.41, 5.74) is 1.96. The van der Waals surface area contributed by atoms with Crippen LogP contribution in [0.5, 0.6) is 5.75 Å². The van der Waals surface area contributed by atoms with Gasteiger partial charge in [0.05, 0.1) is 37.2 Å². The van der Waals surface area contributed by atoms with Gasteiger partial charge in [-0.25, -0.2) is 0 Å². The average Bonchev–Trinajstić information content (AvgIpc) is 3.09. The quantitative estimate of drug-likeness (QED) is 0.819. The van der Waals surface area contributed by atoms with Gasteiger partial charge in [-0.3, -0.25) is 0 Å². The van der Waals surface area contributed by atoms with Crippen LogP contribution >= 0.6 is 0 Å². The van der Waals surface area contributed by atoms with Crippen LogP contribution in [0.1, 0.15) is 24.0 Å². The van der Waals surface area contributed by atoms with Gasteiger partial charge in [-0.2, -0.15) is 5.26 Å². The Kier molecular flexibility index (Phi) is 2.39. The fraction of sp³-hybridized carbons (Fsp3) is 0.533. The molecule has 3 nitrogen and oxygen atoms in total. The fourth-order valence-corrected chi connectivity index (χ4v) is 3.01. The van der Waals surface area contributed by atoms with E-state index in [1.54, 1.807) is 7.11 Å². The number of ether oxygens (including phenoxy) is 2. The first-order valence-electron chi connectivity index (χ1n) is 6.32. The number of methoxy groups -OCH3 is 1. The molecule has 0 radical (unpaired) electrons. The molecule has 0 amide bonds. The number of aryl methyl sites for hydroxylation is 1. The monoisotopic (exact) mass is 243 g/mol. The molecule has 0 N–H and O–H groups in total. The number of nitriles is 1. The molecule has 94 valence electrons. The van der Waals surface area contributed by atoms with Crippen LogP contribution in [0, 0.1) is 23.7 Å². The first kappa shape index (κ1) is 11.6. The van der Waals surface area contributed by atoms with Gasteiger partial charge in [0.2, 0.25) is 0 Å². The third-order valence-electron chi connectivity index (χ3n) is 4.45. The number of rotatable bonds is 3. The van der Waals surface area contributed by atoms with Crippen molar-refractivity contribution < 1.29 is 9.47 Å². The molecule has 0 spiro atoms. The molecular formula is C15H17NO2. The van der Waals surface area contributed by atoms with Crippen molar-refractivity contribution in [3.8, 4) is 11.8 Å². The Labute approximate surface area is 107 Å². The van der Waals surface area contributed by atoms with Crippen molar-refractivity contribution in [2.75, 3.05) is 20.3 Å². The average molecular weight is 243 g/mol. The Morgan fingerprint density at radius 2 is 2.06 bits per heavy atom. The Morgan fingerprint density at radius 3 is 2.50 bits per heavy atom. The summed E-state index contributed by atoms with van der Waals surface area (Å²) >= 11 is 0. The van der Waals surface area contributed by atoms with Crippen LogP contribution in [0.4, 0.5) is 0 Å². The Balaban J connectivity index is 2.13. The predicted octanol–water partition coefficient (Wildman–Crippen LogP) is 2.58. The summed E-state index contributed by atoms with van der Waals surface area (Å²) in [6.07, 6.45) is 1.95. The molecule has 18 heavy (non-hydrogen) atoms. The molecule has 1 saturated heterocycles.